The van der Waals surface area contributed by atoms with Gasteiger partial charge in [-0.05, 0) is 49.2 Å². The molecule has 1 aliphatic rings. The first-order valence-electron chi connectivity index (χ1n) is 10.1. The van der Waals surface area contributed by atoms with Gasteiger partial charge in [0.25, 0.3) is 0 Å². The topological polar surface area (TPSA) is 63.9 Å². The summed E-state index contributed by atoms with van der Waals surface area (Å²) in [7, 11) is -3.50. The molecule has 4 rings (SSSR count). The van der Waals surface area contributed by atoms with Crippen molar-refractivity contribution in [3.8, 4) is 11.3 Å². The molecule has 1 fully saturated rings. The molecule has 32 heavy (non-hydrogen) atoms. The number of sulfonamides is 1. The van der Waals surface area contributed by atoms with Crippen LogP contribution in [0.15, 0.2) is 57.7 Å². The van der Waals surface area contributed by atoms with Crippen LogP contribution < -0.4 is 4.80 Å². The van der Waals surface area contributed by atoms with Crippen molar-refractivity contribution in [3.05, 3.63) is 63.2 Å². The molecule has 1 saturated heterocycles. The predicted molar refractivity (Wildman–Crippen MR) is 135 cm³/mol. The van der Waals surface area contributed by atoms with Gasteiger partial charge in [-0.25, -0.2) is 13.4 Å². The van der Waals surface area contributed by atoms with Gasteiger partial charge in [0.2, 0.25) is 10.0 Å². The minimum absolute atomic E-state index is 0. The minimum atomic E-state index is -3.50. The number of halogens is 2. The summed E-state index contributed by atoms with van der Waals surface area (Å²) < 4.78 is 34.6. The Bertz CT molecular complexity index is 1250. The molecule has 1 aromatic heterocycles. The average molecular weight is 559 g/mol. The third-order valence-corrected chi connectivity index (χ3v) is 8.44. The molecule has 172 valence electrons. The van der Waals surface area contributed by atoms with E-state index >= 15 is 0 Å². The van der Waals surface area contributed by atoms with E-state index < -0.39 is 10.0 Å². The molecule has 1 aliphatic heterocycles. The van der Waals surface area contributed by atoms with Gasteiger partial charge < -0.3 is 9.30 Å². The molecule has 3 aromatic rings. The maximum absolute atomic E-state index is 12.9. The van der Waals surface area contributed by atoms with E-state index in [0.29, 0.717) is 36.2 Å². The van der Waals surface area contributed by atoms with Crippen molar-refractivity contribution in [2.24, 2.45) is 4.99 Å². The fourth-order valence-corrected chi connectivity index (χ4v) is 6.03. The first kappa shape index (κ1) is 25.1. The Hall–Kier alpha value is -1.49. The van der Waals surface area contributed by atoms with Gasteiger partial charge in [-0.2, -0.15) is 4.31 Å². The lowest BCUT2D eigenvalue weighted by molar-refractivity contribution is 0.0730. The summed E-state index contributed by atoms with van der Waals surface area (Å²) in [6, 6.07) is 12.8. The molecule has 2 heterocycles. The normalized spacial score (nSPS) is 15.5. The molecule has 2 aromatic carbocycles. The van der Waals surface area contributed by atoms with Gasteiger partial charge in [0.1, 0.15) is 0 Å². The number of benzene rings is 2. The molecule has 6 nitrogen and oxygen atoms in total. The Morgan fingerprint density at radius 2 is 1.81 bits per heavy atom. The van der Waals surface area contributed by atoms with Crippen LogP contribution in [-0.4, -0.2) is 43.6 Å². The van der Waals surface area contributed by atoms with E-state index in [2.05, 4.69) is 11.5 Å². The lowest BCUT2D eigenvalue weighted by atomic mass is 10.2. The zero-order valence-corrected chi connectivity index (χ0v) is 21.9. The summed E-state index contributed by atoms with van der Waals surface area (Å²) in [4.78, 5) is 5.93. The molecule has 0 unspecified atom stereocenters. The molecule has 0 radical (unpaired) electrons. The Morgan fingerprint density at radius 1 is 1.12 bits per heavy atom. The van der Waals surface area contributed by atoms with Crippen LogP contribution in [0, 0.1) is 6.92 Å². The van der Waals surface area contributed by atoms with Gasteiger partial charge in [0.05, 0.1) is 29.5 Å². The quantitative estimate of drug-likeness (QED) is 0.441. The Kier molecular flexibility index (Phi) is 8.35. The zero-order chi connectivity index (χ0) is 22.0. The fourth-order valence-electron chi connectivity index (χ4n) is 3.45. The molecule has 0 amide bonds. The van der Waals surface area contributed by atoms with Crippen molar-refractivity contribution in [1.29, 1.82) is 0 Å². The first-order chi connectivity index (χ1) is 14.9. The van der Waals surface area contributed by atoms with E-state index in [9.17, 15) is 8.42 Å². The van der Waals surface area contributed by atoms with Gasteiger partial charge in [-0.1, -0.05) is 29.8 Å². The lowest BCUT2D eigenvalue weighted by Crippen LogP contribution is -2.40. The first-order valence-corrected chi connectivity index (χ1v) is 12.8. The zero-order valence-electron chi connectivity index (χ0n) is 17.8. The summed E-state index contributed by atoms with van der Waals surface area (Å²) in [6.07, 6.45) is 0. The van der Waals surface area contributed by atoms with E-state index in [1.54, 1.807) is 23.5 Å². The highest BCUT2D eigenvalue weighted by Crippen LogP contribution is 2.25. The molecule has 0 aliphatic carbocycles. The molecule has 10 heteroatoms. The van der Waals surface area contributed by atoms with E-state index in [-0.39, 0.29) is 17.0 Å². The third kappa shape index (κ3) is 5.18. The average Bonchev–Trinajstić information content (AvgIpc) is 3.19. The summed E-state index contributed by atoms with van der Waals surface area (Å²) in [5, 5.41) is 2.74. The molecule has 0 saturated carbocycles. The van der Waals surface area contributed by atoms with Crippen LogP contribution in [-0.2, 0) is 21.3 Å². The van der Waals surface area contributed by atoms with Crippen molar-refractivity contribution in [2.75, 3.05) is 26.3 Å². The maximum Gasteiger partial charge on any atom is 0.243 e. The molecule has 0 N–H and O–H groups in total. The van der Waals surface area contributed by atoms with Crippen LogP contribution in [0.1, 0.15) is 12.5 Å². The SMILES string of the molecule is Br.CCn1c(-c2ccc(S(=O)(=O)N3CCOCC3)cc2)csc1=Nc1ccc(C)c(Cl)c1. The van der Waals surface area contributed by atoms with E-state index in [0.717, 1.165) is 33.9 Å². The van der Waals surface area contributed by atoms with E-state index in [1.165, 1.54) is 4.31 Å². The van der Waals surface area contributed by atoms with Gasteiger partial charge >= 0.3 is 0 Å². The molecular weight excluding hydrogens is 534 g/mol. The van der Waals surface area contributed by atoms with Crippen LogP contribution in [0.4, 0.5) is 5.69 Å². The highest BCUT2D eigenvalue weighted by atomic mass is 79.9. The summed E-state index contributed by atoms with van der Waals surface area (Å²) in [5.41, 5.74) is 3.77. The second kappa shape index (κ2) is 10.6. The molecule has 0 bridgehead atoms. The smallest absolute Gasteiger partial charge is 0.243 e. The van der Waals surface area contributed by atoms with Crippen molar-refractivity contribution in [3.63, 3.8) is 0 Å². The van der Waals surface area contributed by atoms with Crippen LogP contribution in [0.2, 0.25) is 5.02 Å². The standard InChI is InChI=1S/C22H24ClN3O3S2.BrH/c1-3-26-21(15-30-22(26)24-18-7-4-16(2)20(23)14-18)17-5-8-19(9-6-17)31(27,28)25-10-12-29-13-11-25;/h4-9,14-15H,3,10-13H2,1-2H3;1H. The maximum atomic E-state index is 12.9. The second-order valence-electron chi connectivity index (χ2n) is 7.23. The number of rotatable bonds is 5. The number of morpholine rings is 1. The third-order valence-electron chi connectivity index (χ3n) is 5.25. The van der Waals surface area contributed by atoms with Gasteiger partial charge in [-0.15, -0.1) is 28.3 Å². The summed E-state index contributed by atoms with van der Waals surface area (Å²) in [5.74, 6) is 0. The summed E-state index contributed by atoms with van der Waals surface area (Å²) in [6.45, 7) is 6.41. The van der Waals surface area contributed by atoms with Crippen LogP contribution in [0.5, 0.6) is 0 Å². The van der Waals surface area contributed by atoms with Crippen LogP contribution in [0.25, 0.3) is 11.3 Å². The monoisotopic (exact) mass is 557 g/mol. The number of hydrogen-bond donors (Lipinski definition) is 0. The number of ether oxygens (including phenoxy) is 1. The van der Waals surface area contributed by atoms with Crippen molar-refractivity contribution >= 4 is 55.6 Å². The Balaban J connectivity index is 0.00000289. The van der Waals surface area contributed by atoms with Crippen LogP contribution >= 0.6 is 39.9 Å². The number of aromatic nitrogens is 1. The Morgan fingerprint density at radius 3 is 2.44 bits per heavy atom. The number of thiazole rings is 1. The van der Waals surface area contributed by atoms with Crippen molar-refractivity contribution < 1.29 is 13.2 Å². The largest absolute Gasteiger partial charge is 0.379 e. The van der Waals surface area contributed by atoms with Crippen molar-refractivity contribution in [1.82, 2.24) is 8.87 Å². The molecule has 0 spiro atoms. The highest BCUT2D eigenvalue weighted by Gasteiger charge is 2.26. The Labute approximate surface area is 208 Å². The number of hydrogen-bond acceptors (Lipinski definition) is 5. The molecule has 0 atom stereocenters. The van der Waals surface area contributed by atoms with Crippen molar-refractivity contribution in [2.45, 2.75) is 25.3 Å². The molecular formula is C22H25BrClN3O3S2. The minimum Gasteiger partial charge on any atom is -0.379 e. The number of aryl methyl sites for hydroxylation is 1. The fraction of sp³-hybridized carbons (Fsp3) is 0.318. The van der Waals surface area contributed by atoms with Crippen LogP contribution in [0.3, 0.4) is 0 Å². The van der Waals surface area contributed by atoms with E-state index in [4.69, 9.17) is 21.3 Å². The number of nitrogens with zero attached hydrogens (tertiary/aromatic N) is 3. The summed E-state index contributed by atoms with van der Waals surface area (Å²) >= 11 is 7.79. The second-order valence-corrected chi connectivity index (χ2v) is 10.4. The highest BCUT2D eigenvalue weighted by molar-refractivity contribution is 8.93. The van der Waals surface area contributed by atoms with Gasteiger partial charge in [-0.3, -0.25) is 0 Å². The lowest BCUT2D eigenvalue weighted by Gasteiger charge is -2.26. The van der Waals surface area contributed by atoms with Gasteiger partial charge in [0.15, 0.2) is 4.80 Å². The van der Waals surface area contributed by atoms with Gasteiger partial charge in [0, 0.05) is 30.0 Å². The van der Waals surface area contributed by atoms with E-state index in [1.807, 2.05) is 42.6 Å². The predicted octanol–water partition coefficient (Wildman–Crippen LogP) is 5.03.